The molecule has 1 saturated carbocycles. The highest BCUT2D eigenvalue weighted by Gasteiger charge is 2.48. The van der Waals surface area contributed by atoms with Gasteiger partial charge >= 0.3 is 6.03 Å². The molecule has 0 radical (unpaired) electrons. The molecule has 7 heteroatoms. The summed E-state index contributed by atoms with van der Waals surface area (Å²) in [6.07, 6.45) is 3.77. The molecule has 3 rings (SSSR count). The Labute approximate surface area is 115 Å². The molecular weight excluding hydrogens is 262 g/mol. The van der Waals surface area contributed by atoms with E-state index in [-0.39, 0.29) is 23.6 Å². The highest BCUT2D eigenvalue weighted by atomic mass is 16.3. The molecule has 3 N–H and O–H groups in total. The molecule has 0 unspecified atom stereocenters. The summed E-state index contributed by atoms with van der Waals surface area (Å²) >= 11 is 0. The molecule has 2 fully saturated rings. The van der Waals surface area contributed by atoms with Crippen molar-refractivity contribution in [1.82, 2.24) is 16.0 Å². The van der Waals surface area contributed by atoms with Crippen molar-refractivity contribution in [2.45, 2.75) is 37.3 Å². The first-order valence-electron chi connectivity index (χ1n) is 6.57. The summed E-state index contributed by atoms with van der Waals surface area (Å²) in [5.74, 6) is -0.244. The highest BCUT2D eigenvalue weighted by molar-refractivity contribution is 6.07. The maximum Gasteiger partial charge on any atom is 0.322 e. The minimum Gasteiger partial charge on any atom is -0.459 e. The first-order chi connectivity index (χ1) is 9.59. The van der Waals surface area contributed by atoms with Crippen LogP contribution in [0.4, 0.5) is 4.79 Å². The number of urea groups is 1. The van der Waals surface area contributed by atoms with E-state index >= 15 is 0 Å². The Morgan fingerprint density at radius 3 is 2.65 bits per heavy atom. The summed E-state index contributed by atoms with van der Waals surface area (Å²) in [6.45, 7) is 0. The van der Waals surface area contributed by atoms with Gasteiger partial charge < -0.3 is 15.1 Å². The number of hydrogen-bond donors (Lipinski definition) is 3. The predicted molar refractivity (Wildman–Crippen MR) is 67.8 cm³/mol. The highest BCUT2D eigenvalue weighted by Crippen LogP contribution is 2.31. The van der Waals surface area contributed by atoms with Gasteiger partial charge in [-0.25, -0.2) is 4.79 Å². The summed E-state index contributed by atoms with van der Waals surface area (Å²) < 4.78 is 5.03. The van der Waals surface area contributed by atoms with Gasteiger partial charge in [0, 0.05) is 6.04 Å². The zero-order chi connectivity index (χ0) is 14.2. The monoisotopic (exact) mass is 277 g/mol. The predicted octanol–water partition coefficient (Wildman–Crippen LogP) is 0.530. The Morgan fingerprint density at radius 1 is 1.35 bits per heavy atom. The van der Waals surface area contributed by atoms with E-state index in [2.05, 4.69) is 16.0 Å². The van der Waals surface area contributed by atoms with Crippen LogP contribution < -0.4 is 16.0 Å². The number of rotatable bonds is 2. The molecule has 106 valence electrons. The van der Waals surface area contributed by atoms with Gasteiger partial charge in [-0.3, -0.25) is 14.9 Å². The number of nitrogens with one attached hydrogen (secondary N) is 3. The summed E-state index contributed by atoms with van der Waals surface area (Å²) in [5.41, 5.74) is -0.789. The van der Waals surface area contributed by atoms with Crippen LogP contribution in [0.5, 0.6) is 0 Å². The number of amides is 4. The van der Waals surface area contributed by atoms with E-state index in [4.69, 9.17) is 4.42 Å². The van der Waals surface area contributed by atoms with Crippen LogP contribution in [0.2, 0.25) is 0 Å². The second-order valence-corrected chi connectivity index (χ2v) is 5.22. The average Bonchev–Trinajstić information content (AvgIpc) is 3.02. The van der Waals surface area contributed by atoms with Gasteiger partial charge in [-0.05, 0) is 37.8 Å². The van der Waals surface area contributed by atoms with Crippen molar-refractivity contribution < 1.29 is 18.8 Å². The number of carbonyl (C=O) groups excluding carboxylic acids is 3. The van der Waals surface area contributed by atoms with E-state index in [1.807, 2.05) is 0 Å². The Hall–Kier alpha value is -2.31. The molecule has 2 heterocycles. The molecule has 1 aromatic rings. The van der Waals surface area contributed by atoms with Crippen molar-refractivity contribution in [2.75, 3.05) is 0 Å². The summed E-state index contributed by atoms with van der Waals surface area (Å²) in [4.78, 5) is 34.8. The summed E-state index contributed by atoms with van der Waals surface area (Å²) in [7, 11) is 0. The summed E-state index contributed by atoms with van der Waals surface area (Å²) in [6, 6.07) is 2.81. The van der Waals surface area contributed by atoms with Crippen LogP contribution in [-0.4, -0.2) is 29.4 Å². The van der Waals surface area contributed by atoms with Crippen LogP contribution in [0.1, 0.15) is 36.2 Å². The number of carbonyl (C=O) groups is 3. The molecule has 2 aliphatic rings. The van der Waals surface area contributed by atoms with Crippen molar-refractivity contribution >= 4 is 17.8 Å². The number of imide groups is 1. The van der Waals surface area contributed by atoms with E-state index in [0.29, 0.717) is 25.7 Å². The normalized spacial score (nSPS) is 29.1. The Kier molecular flexibility index (Phi) is 2.96. The minimum absolute atomic E-state index is 0.0106. The number of furan rings is 1. The van der Waals surface area contributed by atoms with Gasteiger partial charge in [0.25, 0.3) is 11.8 Å². The van der Waals surface area contributed by atoms with Crippen LogP contribution in [0.3, 0.4) is 0 Å². The van der Waals surface area contributed by atoms with Gasteiger partial charge in [-0.2, -0.15) is 0 Å². The molecule has 1 aliphatic heterocycles. The topological polar surface area (TPSA) is 100 Å². The van der Waals surface area contributed by atoms with Crippen LogP contribution in [0.25, 0.3) is 0 Å². The maximum atomic E-state index is 11.8. The Bertz CT molecular complexity index is 544. The molecule has 0 aromatic carbocycles. The van der Waals surface area contributed by atoms with Crippen LogP contribution in [0, 0.1) is 0 Å². The lowest BCUT2D eigenvalue weighted by Gasteiger charge is -2.34. The second kappa shape index (κ2) is 4.66. The standard InChI is InChI=1S/C13H15N3O4/c17-10(9-2-1-7-20-9)14-8-3-5-13(6-4-8)11(18)15-12(19)16-13/h1-2,7-8H,3-6H2,(H,14,17)(H2,15,16,18,19). The number of hydrogen-bond acceptors (Lipinski definition) is 4. The van der Waals surface area contributed by atoms with Gasteiger partial charge in [0.15, 0.2) is 5.76 Å². The average molecular weight is 277 g/mol. The van der Waals surface area contributed by atoms with Crippen molar-refractivity contribution in [2.24, 2.45) is 0 Å². The SMILES string of the molecule is O=C1NC(=O)C2(CCC(NC(=O)c3ccco3)CC2)N1. The molecule has 20 heavy (non-hydrogen) atoms. The van der Waals surface area contributed by atoms with Gasteiger partial charge in [0.2, 0.25) is 0 Å². The third kappa shape index (κ3) is 2.15. The molecule has 1 spiro atoms. The van der Waals surface area contributed by atoms with E-state index in [9.17, 15) is 14.4 Å². The minimum atomic E-state index is -0.789. The van der Waals surface area contributed by atoms with Crippen molar-refractivity contribution in [3.63, 3.8) is 0 Å². The fourth-order valence-electron chi connectivity index (χ4n) is 2.80. The van der Waals surface area contributed by atoms with Crippen molar-refractivity contribution in [3.05, 3.63) is 24.2 Å². The van der Waals surface area contributed by atoms with E-state index in [1.165, 1.54) is 6.26 Å². The fraction of sp³-hybridized carbons (Fsp3) is 0.462. The molecule has 1 saturated heterocycles. The van der Waals surface area contributed by atoms with Crippen molar-refractivity contribution in [1.29, 1.82) is 0 Å². The third-order valence-corrected chi connectivity index (χ3v) is 3.93. The van der Waals surface area contributed by atoms with Crippen LogP contribution in [0.15, 0.2) is 22.8 Å². The first kappa shape index (κ1) is 12.7. The quantitative estimate of drug-likeness (QED) is 0.686. The molecule has 7 nitrogen and oxygen atoms in total. The summed E-state index contributed by atoms with van der Waals surface area (Å²) in [5, 5.41) is 7.83. The van der Waals surface area contributed by atoms with E-state index < -0.39 is 11.6 Å². The molecular formula is C13H15N3O4. The van der Waals surface area contributed by atoms with E-state index in [0.717, 1.165) is 0 Å². The first-order valence-corrected chi connectivity index (χ1v) is 6.57. The lowest BCUT2D eigenvalue weighted by molar-refractivity contribution is -0.125. The smallest absolute Gasteiger partial charge is 0.322 e. The van der Waals surface area contributed by atoms with Gasteiger partial charge in [0.1, 0.15) is 5.54 Å². The fourth-order valence-corrected chi connectivity index (χ4v) is 2.80. The molecule has 4 amide bonds. The molecule has 1 aliphatic carbocycles. The van der Waals surface area contributed by atoms with Gasteiger partial charge in [-0.1, -0.05) is 0 Å². The zero-order valence-electron chi connectivity index (χ0n) is 10.8. The van der Waals surface area contributed by atoms with Crippen LogP contribution >= 0.6 is 0 Å². The zero-order valence-corrected chi connectivity index (χ0v) is 10.8. The molecule has 0 bridgehead atoms. The lowest BCUT2D eigenvalue weighted by atomic mass is 9.79. The lowest BCUT2D eigenvalue weighted by Crippen LogP contribution is -2.52. The van der Waals surface area contributed by atoms with Gasteiger partial charge in [0.05, 0.1) is 6.26 Å². The Morgan fingerprint density at radius 2 is 2.10 bits per heavy atom. The van der Waals surface area contributed by atoms with Crippen molar-refractivity contribution in [3.8, 4) is 0 Å². The Balaban J connectivity index is 1.58. The van der Waals surface area contributed by atoms with Crippen LogP contribution in [-0.2, 0) is 4.79 Å². The van der Waals surface area contributed by atoms with E-state index in [1.54, 1.807) is 12.1 Å². The molecule has 0 atom stereocenters. The second-order valence-electron chi connectivity index (χ2n) is 5.22. The van der Waals surface area contributed by atoms with Gasteiger partial charge in [-0.15, -0.1) is 0 Å². The maximum absolute atomic E-state index is 11.8. The largest absolute Gasteiger partial charge is 0.459 e. The third-order valence-electron chi connectivity index (χ3n) is 3.93. The molecule has 1 aromatic heterocycles.